The van der Waals surface area contributed by atoms with Crippen LogP contribution in [0.4, 0.5) is 4.79 Å². The first-order valence-corrected chi connectivity index (χ1v) is 4.17. The van der Waals surface area contributed by atoms with E-state index in [0.29, 0.717) is 6.54 Å². The van der Waals surface area contributed by atoms with Crippen molar-refractivity contribution in [3.05, 3.63) is 0 Å². The summed E-state index contributed by atoms with van der Waals surface area (Å²) in [5.41, 5.74) is 0. The Hall–Kier alpha value is -1.26. The Morgan fingerprint density at radius 2 is 2.00 bits per heavy atom. The quantitative estimate of drug-likeness (QED) is 0.665. The first-order valence-electron chi connectivity index (χ1n) is 4.17. The highest BCUT2D eigenvalue weighted by Gasteiger charge is 2.03. The van der Waals surface area contributed by atoms with Crippen molar-refractivity contribution in [2.75, 3.05) is 13.7 Å². The van der Waals surface area contributed by atoms with Crippen LogP contribution in [0.15, 0.2) is 0 Å². The minimum atomic E-state index is -0.516. The predicted molar refractivity (Wildman–Crippen MR) is 48.3 cm³/mol. The summed E-state index contributed by atoms with van der Waals surface area (Å²) in [6.07, 6.45) is -0.245. The van der Waals surface area contributed by atoms with Gasteiger partial charge in [0.25, 0.3) is 0 Å². The number of amides is 2. The summed E-state index contributed by atoms with van der Waals surface area (Å²) >= 11 is 0. The third-order valence-corrected chi connectivity index (χ3v) is 1.26. The smallest absolute Gasteiger partial charge is 0.406 e. The van der Waals surface area contributed by atoms with E-state index in [1.165, 1.54) is 7.11 Å². The molecule has 0 bridgehead atoms. The Morgan fingerprint density at radius 3 is 2.46 bits per heavy atom. The van der Waals surface area contributed by atoms with Crippen molar-refractivity contribution in [3.63, 3.8) is 0 Å². The number of ether oxygens (including phenoxy) is 1. The molecule has 0 aromatic carbocycles. The third-order valence-electron chi connectivity index (χ3n) is 1.26. The maximum absolute atomic E-state index is 11.0. The zero-order valence-electron chi connectivity index (χ0n) is 8.22. The predicted octanol–water partition coefficient (Wildman–Crippen LogP) is 0.257. The number of nitrogens with one attached hydrogen (secondary N) is 2. The zero-order valence-corrected chi connectivity index (χ0v) is 8.22. The average molecular weight is 188 g/mol. The van der Waals surface area contributed by atoms with Crippen molar-refractivity contribution < 1.29 is 14.3 Å². The summed E-state index contributed by atoms with van der Waals surface area (Å²) in [5.74, 6) is -0.0774. The molecule has 13 heavy (non-hydrogen) atoms. The third kappa shape index (κ3) is 7.11. The van der Waals surface area contributed by atoms with Crippen LogP contribution < -0.4 is 10.6 Å². The van der Waals surface area contributed by atoms with Crippen molar-refractivity contribution in [2.45, 2.75) is 26.3 Å². The monoisotopic (exact) mass is 188 g/mol. The van der Waals surface area contributed by atoms with Gasteiger partial charge in [-0.15, -0.1) is 0 Å². The van der Waals surface area contributed by atoms with Gasteiger partial charge in [0, 0.05) is 19.0 Å². The summed E-state index contributed by atoms with van der Waals surface area (Å²) in [5, 5.41) is 5.12. The molecule has 0 atom stereocenters. The Balaban J connectivity index is 3.42. The molecule has 0 unspecified atom stereocenters. The van der Waals surface area contributed by atoms with E-state index in [0.717, 1.165) is 0 Å². The van der Waals surface area contributed by atoms with Gasteiger partial charge in [0.05, 0.1) is 7.11 Å². The SMILES string of the molecule is COC(=O)NCCC(=O)NC(C)C. The van der Waals surface area contributed by atoms with Crippen molar-refractivity contribution >= 4 is 12.0 Å². The molecule has 0 aliphatic carbocycles. The molecule has 0 radical (unpaired) electrons. The molecule has 2 amide bonds. The lowest BCUT2D eigenvalue weighted by molar-refractivity contribution is -0.121. The largest absolute Gasteiger partial charge is 0.453 e. The molecular formula is C8H16N2O3. The van der Waals surface area contributed by atoms with Crippen LogP contribution in [-0.2, 0) is 9.53 Å². The molecule has 0 spiro atoms. The van der Waals surface area contributed by atoms with E-state index >= 15 is 0 Å². The highest BCUT2D eigenvalue weighted by atomic mass is 16.5. The van der Waals surface area contributed by atoms with Gasteiger partial charge >= 0.3 is 6.09 Å². The fourth-order valence-electron chi connectivity index (χ4n) is 0.744. The van der Waals surface area contributed by atoms with Gasteiger partial charge in [0.2, 0.25) is 5.91 Å². The van der Waals surface area contributed by atoms with E-state index in [2.05, 4.69) is 15.4 Å². The molecule has 5 heteroatoms. The summed E-state index contributed by atoms with van der Waals surface area (Å²) < 4.78 is 4.33. The Labute approximate surface area is 77.8 Å². The standard InChI is InChI=1S/C8H16N2O3/c1-6(2)10-7(11)4-5-9-8(12)13-3/h6H,4-5H2,1-3H3,(H,9,12)(H,10,11). The van der Waals surface area contributed by atoms with Crippen molar-refractivity contribution in [1.82, 2.24) is 10.6 Å². The van der Waals surface area contributed by atoms with E-state index < -0.39 is 6.09 Å². The van der Waals surface area contributed by atoms with Gasteiger partial charge in [-0.2, -0.15) is 0 Å². The summed E-state index contributed by atoms with van der Waals surface area (Å²) in [6, 6.07) is 0.130. The molecule has 0 fully saturated rings. The fraction of sp³-hybridized carbons (Fsp3) is 0.750. The maximum Gasteiger partial charge on any atom is 0.406 e. The molecule has 0 heterocycles. The molecule has 0 aliphatic heterocycles. The first kappa shape index (κ1) is 11.7. The van der Waals surface area contributed by atoms with Crippen molar-refractivity contribution in [2.24, 2.45) is 0 Å². The normalized spacial score (nSPS) is 9.54. The topological polar surface area (TPSA) is 67.4 Å². The van der Waals surface area contributed by atoms with Crippen LogP contribution in [-0.4, -0.2) is 31.7 Å². The highest BCUT2D eigenvalue weighted by molar-refractivity contribution is 5.77. The van der Waals surface area contributed by atoms with Crippen LogP contribution in [0.3, 0.4) is 0 Å². The Bertz CT molecular complexity index is 180. The second kappa shape index (κ2) is 6.28. The van der Waals surface area contributed by atoms with E-state index in [-0.39, 0.29) is 18.4 Å². The lowest BCUT2D eigenvalue weighted by atomic mass is 10.3. The zero-order chi connectivity index (χ0) is 10.3. The number of methoxy groups -OCH3 is 1. The van der Waals surface area contributed by atoms with Gasteiger partial charge in [-0.25, -0.2) is 4.79 Å². The molecule has 5 nitrogen and oxygen atoms in total. The van der Waals surface area contributed by atoms with Crippen LogP contribution >= 0.6 is 0 Å². The van der Waals surface area contributed by atoms with Crippen LogP contribution in [0.25, 0.3) is 0 Å². The molecule has 0 saturated heterocycles. The minimum absolute atomic E-state index is 0.0774. The van der Waals surface area contributed by atoms with Crippen LogP contribution in [0.5, 0.6) is 0 Å². The molecule has 0 aliphatic rings. The lowest BCUT2D eigenvalue weighted by Crippen LogP contribution is -2.34. The van der Waals surface area contributed by atoms with Gasteiger partial charge in [-0.3, -0.25) is 4.79 Å². The number of hydrogen-bond acceptors (Lipinski definition) is 3. The van der Waals surface area contributed by atoms with Crippen molar-refractivity contribution in [3.8, 4) is 0 Å². The van der Waals surface area contributed by atoms with E-state index in [4.69, 9.17) is 0 Å². The second-order valence-corrected chi connectivity index (χ2v) is 2.89. The van der Waals surface area contributed by atoms with Gasteiger partial charge in [0.15, 0.2) is 0 Å². The molecule has 0 saturated carbocycles. The summed E-state index contributed by atoms with van der Waals surface area (Å²) in [6.45, 7) is 4.06. The molecule has 0 aromatic heterocycles. The highest BCUT2D eigenvalue weighted by Crippen LogP contribution is 1.82. The van der Waals surface area contributed by atoms with E-state index in [1.807, 2.05) is 13.8 Å². The maximum atomic E-state index is 11.0. The first-order chi connectivity index (χ1) is 6.06. The molecule has 2 N–H and O–H groups in total. The Morgan fingerprint density at radius 1 is 1.38 bits per heavy atom. The van der Waals surface area contributed by atoms with Crippen LogP contribution in [0.2, 0.25) is 0 Å². The number of carbonyl (C=O) groups is 2. The molecule has 0 rings (SSSR count). The molecular weight excluding hydrogens is 172 g/mol. The lowest BCUT2D eigenvalue weighted by Gasteiger charge is -2.08. The number of carbonyl (C=O) groups excluding carboxylic acids is 2. The molecule has 0 aromatic rings. The minimum Gasteiger partial charge on any atom is -0.453 e. The number of hydrogen-bond donors (Lipinski definition) is 2. The van der Waals surface area contributed by atoms with Crippen LogP contribution in [0.1, 0.15) is 20.3 Å². The molecule has 76 valence electrons. The van der Waals surface area contributed by atoms with Gasteiger partial charge < -0.3 is 15.4 Å². The second-order valence-electron chi connectivity index (χ2n) is 2.89. The van der Waals surface area contributed by atoms with Crippen LogP contribution in [0, 0.1) is 0 Å². The average Bonchev–Trinajstić information content (AvgIpc) is 2.02. The van der Waals surface area contributed by atoms with Gasteiger partial charge in [-0.05, 0) is 13.8 Å². The Kier molecular flexibility index (Phi) is 5.67. The van der Waals surface area contributed by atoms with Gasteiger partial charge in [-0.1, -0.05) is 0 Å². The van der Waals surface area contributed by atoms with E-state index in [1.54, 1.807) is 0 Å². The van der Waals surface area contributed by atoms with Gasteiger partial charge in [0.1, 0.15) is 0 Å². The number of rotatable bonds is 4. The summed E-state index contributed by atoms with van der Waals surface area (Å²) in [4.78, 5) is 21.6. The number of alkyl carbamates (subject to hydrolysis) is 1. The van der Waals surface area contributed by atoms with E-state index in [9.17, 15) is 9.59 Å². The summed E-state index contributed by atoms with van der Waals surface area (Å²) in [7, 11) is 1.28. The fourth-order valence-corrected chi connectivity index (χ4v) is 0.744. The van der Waals surface area contributed by atoms with Crippen molar-refractivity contribution in [1.29, 1.82) is 0 Å².